The summed E-state index contributed by atoms with van der Waals surface area (Å²) in [6.07, 6.45) is -10.1. The van der Waals surface area contributed by atoms with Crippen molar-refractivity contribution in [3.05, 3.63) is 82.7 Å². The fourth-order valence-corrected chi connectivity index (χ4v) is 2.86. The Bertz CT molecular complexity index is 1210. The van der Waals surface area contributed by atoms with Gasteiger partial charge in [0.05, 0.1) is 0 Å². The van der Waals surface area contributed by atoms with Gasteiger partial charge in [0.25, 0.3) is 0 Å². The minimum absolute atomic E-state index is 0.0104. The van der Waals surface area contributed by atoms with E-state index in [9.17, 15) is 48.7 Å². The third kappa shape index (κ3) is 5.24. The van der Waals surface area contributed by atoms with Crippen LogP contribution in [0.4, 0.5) is 43.9 Å². The van der Waals surface area contributed by atoms with E-state index in [1.54, 1.807) is 0 Å². The number of carbonyl (C=O) groups is 1. The second kappa shape index (κ2) is 8.88. The molecule has 0 saturated heterocycles. The molecule has 0 aliphatic carbocycles. The second-order valence-electron chi connectivity index (χ2n) is 6.55. The van der Waals surface area contributed by atoms with Crippen LogP contribution in [0, 0.1) is 29.1 Å². The zero-order valence-corrected chi connectivity index (χ0v) is 16.1. The van der Waals surface area contributed by atoms with Crippen molar-refractivity contribution in [3.8, 4) is 22.6 Å². The van der Waals surface area contributed by atoms with Gasteiger partial charge in [-0.25, -0.2) is 22.0 Å². The van der Waals surface area contributed by atoms with Gasteiger partial charge in [-0.3, -0.25) is 4.79 Å². The molecule has 0 aliphatic rings. The van der Waals surface area contributed by atoms with E-state index in [4.69, 9.17) is 0 Å². The highest BCUT2D eigenvalue weighted by atomic mass is 19.4. The van der Waals surface area contributed by atoms with E-state index in [0.29, 0.717) is 36.4 Å². The van der Waals surface area contributed by atoms with E-state index in [1.807, 2.05) is 0 Å². The van der Waals surface area contributed by atoms with Crippen molar-refractivity contribution in [1.82, 2.24) is 0 Å². The summed E-state index contributed by atoms with van der Waals surface area (Å²) < 4.78 is 143. The molecule has 0 saturated carbocycles. The fourth-order valence-electron chi connectivity index (χ4n) is 2.86. The number of rotatable bonds is 6. The smallest absolute Gasteiger partial charge is 0.429 e. The molecule has 0 N–H and O–H groups in total. The molecule has 0 amide bonds. The molecule has 0 bridgehead atoms. The Morgan fingerprint density at radius 3 is 1.71 bits per heavy atom. The molecule has 0 fully saturated rings. The molecule has 180 valence electrons. The van der Waals surface area contributed by atoms with E-state index in [1.165, 1.54) is 0 Å². The average molecular weight is 498 g/mol. The van der Waals surface area contributed by atoms with Crippen LogP contribution in [-0.2, 0) is 6.11 Å². The SMILES string of the molecule is O=Cc1cc(F)c(C(F)(F)Oc2ccc(-c3cc(F)c(OC(F)(F)F)c(F)c3)c(F)c2)c(F)c1. The molecule has 0 aliphatic heterocycles. The van der Waals surface area contributed by atoms with Gasteiger partial charge in [0.1, 0.15) is 35.1 Å². The highest BCUT2D eigenvalue weighted by Crippen LogP contribution is 2.38. The van der Waals surface area contributed by atoms with E-state index in [0.717, 1.165) is 0 Å². The Balaban J connectivity index is 1.92. The molecule has 0 aromatic heterocycles. The topological polar surface area (TPSA) is 35.5 Å². The Morgan fingerprint density at radius 2 is 1.24 bits per heavy atom. The maximum atomic E-state index is 14.4. The predicted octanol–water partition coefficient (Wildman–Crippen LogP) is 6.89. The molecule has 0 unspecified atom stereocenters. The first-order valence-electron chi connectivity index (χ1n) is 8.78. The lowest BCUT2D eigenvalue weighted by atomic mass is 10.0. The van der Waals surface area contributed by atoms with E-state index in [2.05, 4.69) is 9.47 Å². The predicted molar refractivity (Wildman–Crippen MR) is 94.7 cm³/mol. The van der Waals surface area contributed by atoms with Crippen molar-refractivity contribution in [2.24, 2.45) is 0 Å². The van der Waals surface area contributed by atoms with Crippen molar-refractivity contribution < 1.29 is 58.2 Å². The van der Waals surface area contributed by atoms with E-state index in [-0.39, 0.29) is 12.4 Å². The molecule has 0 heterocycles. The molecule has 3 nitrogen and oxygen atoms in total. The standard InChI is InChI=1S/C21H8F10O3/c22-13-7-11(33-20(27,28)18-14(23)3-9(8-32)4-15(18)24)1-2-12(13)10-5-16(25)19(17(26)6-10)34-21(29,30)31/h1-8H. The number of alkyl halides is 5. The van der Waals surface area contributed by atoms with Crippen LogP contribution in [0.25, 0.3) is 11.1 Å². The first-order chi connectivity index (χ1) is 15.7. The summed E-state index contributed by atoms with van der Waals surface area (Å²) >= 11 is 0. The number of aldehydes is 1. The van der Waals surface area contributed by atoms with Crippen molar-refractivity contribution in [3.63, 3.8) is 0 Å². The zero-order valence-electron chi connectivity index (χ0n) is 16.1. The molecule has 13 heteroatoms. The summed E-state index contributed by atoms with van der Waals surface area (Å²) in [7, 11) is 0. The molecular weight excluding hydrogens is 490 g/mol. The average Bonchev–Trinajstić information content (AvgIpc) is 2.68. The van der Waals surface area contributed by atoms with Crippen LogP contribution < -0.4 is 9.47 Å². The van der Waals surface area contributed by atoms with Crippen molar-refractivity contribution in [2.45, 2.75) is 12.5 Å². The minimum atomic E-state index is -5.41. The monoisotopic (exact) mass is 498 g/mol. The van der Waals surface area contributed by atoms with Crippen molar-refractivity contribution in [2.75, 3.05) is 0 Å². The molecule has 34 heavy (non-hydrogen) atoms. The van der Waals surface area contributed by atoms with Gasteiger partial charge in [0, 0.05) is 17.2 Å². The van der Waals surface area contributed by atoms with Crippen molar-refractivity contribution >= 4 is 6.29 Å². The highest BCUT2D eigenvalue weighted by molar-refractivity contribution is 5.75. The third-order valence-electron chi connectivity index (χ3n) is 4.21. The number of carbonyl (C=O) groups excluding carboxylic acids is 1. The number of ether oxygens (including phenoxy) is 2. The van der Waals surface area contributed by atoms with Crippen LogP contribution in [0.5, 0.6) is 11.5 Å². The number of benzene rings is 3. The molecule has 3 aromatic rings. The van der Waals surface area contributed by atoms with E-state index < -0.39 is 75.3 Å². The summed E-state index contributed by atoms with van der Waals surface area (Å²) in [5.41, 5.74) is -3.70. The lowest BCUT2D eigenvalue weighted by Crippen LogP contribution is -2.25. The highest BCUT2D eigenvalue weighted by Gasteiger charge is 2.41. The first kappa shape index (κ1) is 24.9. The quantitative estimate of drug-likeness (QED) is 0.274. The number of halogens is 10. The van der Waals surface area contributed by atoms with Crippen LogP contribution in [0.15, 0.2) is 42.5 Å². The zero-order chi connectivity index (χ0) is 25.4. The fraction of sp³-hybridized carbons (Fsp3) is 0.0952. The van der Waals surface area contributed by atoms with E-state index >= 15 is 0 Å². The summed E-state index contributed by atoms with van der Waals surface area (Å²) in [5, 5.41) is 0. The summed E-state index contributed by atoms with van der Waals surface area (Å²) in [6, 6.07) is 2.87. The summed E-state index contributed by atoms with van der Waals surface area (Å²) in [6.45, 7) is 0. The van der Waals surface area contributed by atoms with Gasteiger partial charge >= 0.3 is 12.5 Å². The molecule has 0 radical (unpaired) electrons. The van der Waals surface area contributed by atoms with Gasteiger partial charge in [-0.2, -0.15) is 8.78 Å². The maximum absolute atomic E-state index is 14.4. The Kier molecular flexibility index (Phi) is 6.49. The van der Waals surface area contributed by atoms with Crippen LogP contribution in [-0.4, -0.2) is 12.6 Å². The van der Waals surface area contributed by atoms with Gasteiger partial charge in [0.15, 0.2) is 11.6 Å². The molecule has 3 aromatic carbocycles. The van der Waals surface area contributed by atoms with Gasteiger partial charge in [0.2, 0.25) is 5.75 Å². The largest absolute Gasteiger partial charge is 0.573 e. The van der Waals surface area contributed by atoms with Gasteiger partial charge in [-0.15, -0.1) is 13.2 Å². The van der Waals surface area contributed by atoms with Crippen LogP contribution in [0.2, 0.25) is 0 Å². The van der Waals surface area contributed by atoms with Gasteiger partial charge in [-0.05, 0) is 42.0 Å². The van der Waals surface area contributed by atoms with Crippen molar-refractivity contribution in [1.29, 1.82) is 0 Å². The number of hydrogen-bond donors (Lipinski definition) is 0. The minimum Gasteiger partial charge on any atom is -0.429 e. The van der Waals surface area contributed by atoms with Crippen LogP contribution in [0.1, 0.15) is 15.9 Å². The van der Waals surface area contributed by atoms with Crippen LogP contribution in [0.3, 0.4) is 0 Å². The Labute approximate surface area is 183 Å². The lowest BCUT2D eigenvalue weighted by Gasteiger charge is -2.20. The molecular formula is C21H8F10O3. The maximum Gasteiger partial charge on any atom is 0.573 e. The molecule has 0 atom stereocenters. The summed E-state index contributed by atoms with van der Waals surface area (Å²) in [5.74, 6) is -11.5. The van der Waals surface area contributed by atoms with Crippen LogP contribution >= 0.6 is 0 Å². The number of hydrogen-bond acceptors (Lipinski definition) is 3. The lowest BCUT2D eigenvalue weighted by molar-refractivity contribution is -0.276. The van der Waals surface area contributed by atoms with Gasteiger partial charge < -0.3 is 9.47 Å². The second-order valence-corrected chi connectivity index (χ2v) is 6.55. The van der Waals surface area contributed by atoms with Gasteiger partial charge in [-0.1, -0.05) is 0 Å². The Morgan fingerprint density at radius 1 is 0.676 bits per heavy atom. The Hall–Kier alpha value is -3.77. The molecule has 0 spiro atoms. The third-order valence-corrected chi connectivity index (χ3v) is 4.21. The summed E-state index contributed by atoms with van der Waals surface area (Å²) in [4.78, 5) is 10.6. The molecule has 3 rings (SSSR count). The first-order valence-corrected chi connectivity index (χ1v) is 8.78. The normalized spacial score (nSPS) is 11.9.